The summed E-state index contributed by atoms with van der Waals surface area (Å²) in [6.45, 7) is 6.38. The zero-order valence-electron chi connectivity index (χ0n) is 11.6. The second-order valence-corrected chi connectivity index (χ2v) is 5.69. The standard InChI is InChI=1S/C14H23NO2S/c1-5-18-9-10(2)15-11(3)13-8-12(17-4)6-7-14(13)16/h6-8,10-11,15-16H,5,9H2,1-4H3. The number of nitrogens with one attached hydrogen (secondary N) is 1. The van der Waals surface area contributed by atoms with Crippen LogP contribution in [0.2, 0.25) is 0 Å². The Labute approximate surface area is 114 Å². The molecule has 0 heterocycles. The molecular formula is C14H23NO2S. The van der Waals surface area contributed by atoms with Crippen LogP contribution in [0.25, 0.3) is 0 Å². The molecule has 0 aliphatic carbocycles. The number of phenols is 1. The Bertz CT molecular complexity index is 371. The maximum atomic E-state index is 9.89. The lowest BCUT2D eigenvalue weighted by Gasteiger charge is -2.21. The van der Waals surface area contributed by atoms with Gasteiger partial charge in [0, 0.05) is 23.4 Å². The van der Waals surface area contributed by atoms with Gasteiger partial charge >= 0.3 is 0 Å². The van der Waals surface area contributed by atoms with Crippen molar-refractivity contribution in [2.24, 2.45) is 0 Å². The Morgan fingerprint density at radius 2 is 2.11 bits per heavy atom. The van der Waals surface area contributed by atoms with Gasteiger partial charge in [-0.25, -0.2) is 0 Å². The number of aromatic hydroxyl groups is 1. The first kappa shape index (κ1) is 15.2. The van der Waals surface area contributed by atoms with E-state index < -0.39 is 0 Å². The lowest BCUT2D eigenvalue weighted by molar-refractivity contribution is 0.406. The lowest BCUT2D eigenvalue weighted by atomic mass is 10.1. The molecule has 1 aromatic rings. The van der Waals surface area contributed by atoms with E-state index in [0.29, 0.717) is 11.8 Å². The molecule has 0 amide bonds. The molecule has 2 atom stereocenters. The number of hydrogen-bond acceptors (Lipinski definition) is 4. The summed E-state index contributed by atoms with van der Waals surface area (Å²) in [6, 6.07) is 5.84. The van der Waals surface area contributed by atoms with Crippen molar-refractivity contribution in [3.05, 3.63) is 23.8 Å². The number of hydrogen-bond donors (Lipinski definition) is 2. The molecule has 0 spiro atoms. The monoisotopic (exact) mass is 269 g/mol. The van der Waals surface area contributed by atoms with Gasteiger partial charge in [-0.15, -0.1) is 0 Å². The topological polar surface area (TPSA) is 41.5 Å². The van der Waals surface area contributed by atoms with Crippen molar-refractivity contribution in [1.29, 1.82) is 0 Å². The van der Waals surface area contributed by atoms with E-state index in [0.717, 1.165) is 22.8 Å². The Morgan fingerprint density at radius 3 is 2.72 bits per heavy atom. The highest BCUT2D eigenvalue weighted by molar-refractivity contribution is 7.99. The molecule has 3 nitrogen and oxygen atoms in total. The minimum atomic E-state index is 0.104. The summed E-state index contributed by atoms with van der Waals surface area (Å²) in [5.74, 6) is 3.29. The van der Waals surface area contributed by atoms with Crippen LogP contribution in [0.1, 0.15) is 32.4 Å². The SMILES string of the molecule is CCSCC(C)NC(C)c1cc(OC)ccc1O. The van der Waals surface area contributed by atoms with Gasteiger partial charge in [0.1, 0.15) is 11.5 Å². The van der Waals surface area contributed by atoms with Crippen molar-refractivity contribution in [1.82, 2.24) is 5.32 Å². The molecule has 0 aliphatic heterocycles. The van der Waals surface area contributed by atoms with Crippen LogP contribution in [-0.4, -0.2) is 29.8 Å². The average molecular weight is 269 g/mol. The maximum Gasteiger partial charge on any atom is 0.120 e. The second-order valence-electron chi connectivity index (χ2n) is 4.37. The molecule has 0 saturated carbocycles. The molecule has 0 saturated heterocycles. The second kappa shape index (κ2) is 7.54. The molecule has 102 valence electrons. The highest BCUT2D eigenvalue weighted by Crippen LogP contribution is 2.28. The van der Waals surface area contributed by atoms with Crippen LogP contribution in [0.4, 0.5) is 0 Å². The van der Waals surface area contributed by atoms with E-state index >= 15 is 0 Å². The third-order valence-electron chi connectivity index (χ3n) is 2.81. The van der Waals surface area contributed by atoms with Crippen molar-refractivity contribution >= 4 is 11.8 Å². The zero-order valence-corrected chi connectivity index (χ0v) is 12.4. The van der Waals surface area contributed by atoms with Gasteiger partial charge < -0.3 is 15.2 Å². The fourth-order valence-electron chi connectivity index (χ4n) is 1.87. The molecular weight excluding hydrogens is 246 g/mol. The van der Waals surface area contributed by atoms with E-state index in [1.165, 1.54) is 0 Å². The van der Waals surface area contributed by atoms with Gasteiger partial charge in [0.25, 0.3) is 0 Å². The molecule has 1 aromatic carbocycles. The lowest BCUT2D eigenvalue weighted by Crippen LogP contribution is -2.31. The Kier molecular flexibility index (Phi) is 6.36. The third-order valence-corrected chi connectivity index (χ3v) is 3.95. The van der Waals surface area contributed by atoms with Crippen molar-refractivity contribution in [3.63, 3.8) is 0 Å². The van der Waals surface area contributed by atoms with Gasteiger partial charge in [0.15, 0.2) is 0 Å². The summed E-state index contributed by atoms with van der Waals surface area (Å²) in [4.78, 5) is 0. The van der Waals surface area contributed by atoms with Gasteiger partial charge in [0.2, 0.25) is 0 Å². The van der Waals surface area contributed by atoms with Crippen LogP contribution >= 0.6 is 11.8 Å². The zero-order chi connectivity index (χ0) is 13.5. The summed E-state index contributed by atoms with van der Waals surface area (Å²) < 4.78 is 5.19. The number of rotatable bonds is 7. The first-order valence-corrected chi connectivity index (χ1v) is 7.44. The van der Waals surface area contributed by atoms with E-state index in [9.17, 15) is 5.11 Å². The number of benzene rings is 1. The number of methoxy groups -OCH3 is 1. The minimum absolute atomic E-state index is 0.104. The maximum absolute atomic E-state index is 9.89. The summed E-state index contributed by atoms with van der Waals surface area (Å²) >= 11 is 1.92. The molecule has 0 fully saturated rings. The molecule has 0 aliphatic rings. The normalized spacial score (nSPS) is 14.2. The van der Waals surface area contributed by atoms with E-state index in [-0.39, 0.29) is 6.04 Å². The predicted octanol–water partition coefficient (Wildman–Crippen LogP) is 3.19. The van der Waals surface area contributed by atoms with E-state index in [4.69, 9.17) is 4.74 Å². The number of thioether (sulfide) groups is 1. The quantitative estimate of drug-likeness (QED) is 0.797. The summed E-state index contributed by atoms with van der Waals surface area (Å²) in [5.41, 5.74) is 0.877. The largest absolute Gasteiger partial charge is 0.508 e. The smallest absolute Gasteiger partial charge is 0.120 e. The van der Waals surface area contributed by atoms with Gasteiger partial charge in [-0.2, -0.15) is 11.8 Å². The number of ether oxygens (including phenoxy) is 1. The Balaban J connectivity index is 2.67. The molecule has 18 heavy (non-hydrogen) atoms. The fraction of sp³-hybridized carbons (Fsp3) is 0.571. The first-order chi connectivity index (χ1) is 8.58. The molecule has 0 radical (unpaired) electrons. The molecule has 4 heteroatoms. The van der Waals surface area contributed by atoms with Crippen molar-refractivity contribution in [2.75, 3.05) is 18.6 Å². The van der Waals surface area contributed by atoms with Crippen molar-refractivity contribution < 1.29 is 9.84 Å². The van der Waals surface area contributed by atoms with E-state index in [1.54, 1.807) is 19.2 Å². The first-order valence-electron chi connectivity index (χ1n) is 6.29. The van der Waals surface area contributed by atoms with Gasteiger partial charge in [0.05, 0.1) is 7.11 Å². The highest BCUT2D eigenvalue weighted by atomic mass is 32.2. The molecule has 2 unspecified atom stereocenters. The van der Waals surface area contributed by atoms with Gasteiger partial charge in [-0.3, -0.25) is 0 Å². The molecule has 1 rings (SSSR count). The van der Waals surface area contributed by atoms with E-state index in [1.807, 2.05) is 17.8 Å². The highest BCUT2D eigenvalue weighted by Gasteiger charge is 2.13. The summed E-state index contributed by atoms with van der Waals surface area (Å²) in [7, 11) is 1.63. The number of phenolic OH excluding ortho intramolecular Hbond substituents is 1. The van der Waals surface area contributed by atoms with Gasteiger partial charge in [-0.05, 0) is 37.8 Å². The molecule has 2 N–H and O–H groups in total. The molecule has 0 bridgehead atoms. The molecule has 0 aromatic heterocycles. The van der Waals surface area contributed by atoms with Crippen LogP contribution in [0.5, 0.6) is 11.5 Å². The van der Waals surface area contributed by atoms with Crippen LogP contribution < -0.4 is 10.1 Å². The van der Waals surface area contributed by atoms with Crippen LogP contribution in [0.3, 0.4) is 0 Å². The fourth-order valence-corrected chi connectivity index (χ4v) is 2.55. The Hall–Kier alpha value is -0.870. The van der Waals surface area contributed by atoms with Crippen LogP contribution in [-0.2, 0) is 0 Å². The minimum Gasteiger partial charge on any atom is -0.508 e. The van der Waals surface area contributed by atoms with E-state index in [2.05, 4.69) is 26.1 Å². The average Bonchev–Trinajstić information content (AvgIpc) is 2.36. The predicted molar refractivity (Wildman–Crippen MR) is 78.7 cm³/mol. The van der Waals surface area contributed by atoms with Crippen molar-refractivity contribution in [2.45, 2.75) is 32.9 Å². The van der Waals surface area contributed by atoms with Crippen molar-refractivity contribution in [3.8, 4) is 11.5 Å². The third kappa shape index (κ3) is 4.42. The van der Waals surface area contributed by atoms with Gasteiger partial charge in [-0.1, -0.05) is 6.92 Å². The summed E-state index contributed by atoms with van der Waals surface area (Å²) in [6.07, 6.45) is 0. The van der Waals surface area contributed by atoms with Crippen LogP contribution in [0, 0.1) is 0 Å². The van der Waals surface area contributed by atoms with Crippen LogP contribution in [0.15, 0.2) is 18.2 Å². The summed E-state index contributed by atoms with van der Waals surface area (Å²) in [5, 5.41) is 13.4. The Morgan fingerprint density at radius 1 is 1.39 bits per heavy atom.